The van der Waals surface area contributed by atoms with Crippen molar-refractivity contribution in [1.82, 2.24) is 4.90 Å². The standard InChI is InChI=1S/C12H21NO3/c1-12(2,3)16-11(14)13-5-4-9(7-13)6-10-8-15-10/h9-10H,4-8H2,1-3H3. The fourth-order valence-corrected chi connectivity index (χ4v) is 2.09. The van der Waals surface area contributed by atoms with Crippen molar-refractivity contribution in [2.75, 3.05) is 19.7 Å². The van der Waals surface area contributed by atoms with Crippen LogP contribution in [-0.4, -0.2) is 42.4 Å². The lowest BCUT2D eigenvalue weighted by Gasteiger charge is -2.24. The van der Waals surface area contributed by atoms with Gasteiger partial charge in [-0.15, -0.1) is 0 Å². The maximum absolute atomic E-state index is 11.8. The van der Waals surface area contributed by atoms with Crippen molar-refractivity contribution in [1.29, 1.82) is 0 Å². The minimum atomic E-state index is -0.394. The Bertz CT molecular complexity index is 268. The Kier molecular flexibility index (Phi) is 3.10. The molecule has 16 heavy (non-hydrogen) atoms. The molecule has 0 aromatic rings. The lowest BCUT2D eigenvalue weighted by molar-refractivity contribution is 0.0287. The first-order chi connectivity index (χ1) is 7.44. The fraction of sp³-hybridized carbons (Fsp3) is 0.917. The van der Waals surface area contributed by atoms with E-state index in [-0.39, 0.29) is 6.09 Å². The number of likely N-dealkylation sites (tertiary alicyclic amines) is 1. The Balaban J connectivity index is 1.76. The van der Waals surface area contributed by atoms with Gasteiger partial charge in [-0.05, 0) is 39.5 Å². The first-order valence-corrected chi connectivity index (χ1v) is 6.03. The first kappa shape index (κ1) is 11.7. The zero-order valence-electron chi connectivity index (χ0n) is 10.4. The number of hydrogen-bond donors (Lipinski definition) is 0. The molecular formula is C12H21NO3. The molecule has 0 aliphatic carbocycles. The molecule has 2 rings (SSSR count). The van der Waals surface area contributed by atoms with Gasteiger partial charge < -0.3 is 14.4 Å². The highest BCUT2D eigenvalue weighted by molar-refractivity contribution is 5.68. The summed E-state index contributed by atoms with van der Waals surface area (Å²) in [6.07, 6.45) is 2.47. The van der Waals surface area contributed by atoms with E-state index in [0.717, 1.165) is 32.5 Å². The van der Waals surface area contributed by atoms with E-state index in [4.69, 9.17) is 9.47 Å². The molecule has 0 radical (unpaired) electrons. The number of carbonyl (C=O) groups is 1. The van der Waals surface area contributed by atoms with Crippen molar-refractivity contribution in [3.8, 4) is 0 Å². The lowest BCUT2D eigenvalue weighted by atomic mass is 10.0. The Morgan fingerprint density at radius 2 is 2.19 bits per heavy atom. The number of amides is 1. The molecule has 2 aliphatic heterocycles. The summed E-state index contributed by atoms with van der Waals surface area (Å²) >= 11 is 0. The number of nitrogens with zero attached hydrogens (tertiary/aromatic N) is 1. The maximum Gasteiger partial charge on any atom is 0.410 e. The zero-order chi connectivity index (χ0) is 11.8. The molecule has 2 unspecified atom stereocenters. The van der Waals surface area contributed by atoms with E-state index in [1.54, 1.807) is 0 Å². The Hall–Kier alpha value is -0.770. The predicted octanol–water partition coefficient (Wildman–Crippen LogP) is 2.03. The van der Waals surface area contributed by atoms with Gasteiger partial charge in [0.05, 0.1) is 12.7 Å². The van der Waals surface area contributed by atoms with Gasteiger partial charge in [-0.25, -0.2) is 4.79 Å². The minimum Gasteiger partial charge on any atom is -0.444 e. The normalized spacial score (nSPS) is 29.3. The third-order valence-corrected chi connectivity index (χ3v) is 2.94. The van der Waals surface area contributed by atoms with Crippen LogP contribution >= 0.6 is 0 Å². The number of epoxide rings is 1. The van der Waals surface area contributed by atoms with E-state index < -0.39 is 5.60 Å². The summed E-state index contributed by atoms with van der Waals surface area (Å²) in [5.74, 6) is 0.597. The van der Waals surface area contributed by atoms with Crippen LogP contribution in [0, 0.1) is 5.92 Å². The molecule has 0 N–H and O–H groups in total. The molecule has 0 aromatic carbocycles. The van der Waals surface area contributed by atoms with Crippen LogP contribution in [0.5, 0.6) is 0 Å². The molecule has 0 spiro atoms. The van der Waals surface area contributed by atoms with Crippen LogP contribution in [0.25, 0.3) is 0 Å². The molecule has 2 fully saturated rings. The van der Waals surface area contributed by atoms with Crippen LogP contribution in [0.2, 0.25) is 0 Å². The van der Waals surface area contributed by atoms with Gasteiger partial charge in [-0.2, -0.15) is 0 Å². The second-order valence-corrected chi connectivity index (χ2v) is 5.77. The van der Waals surface area contributed by atoms with Gasteiger partial charge in [-0.3, -0.25) is 0 Å². The van der Waals surface area contributed by atoms with Crippen LogP contribution in [0.4, 0.5) is 4.79 Å². The van der Waals surface area contributed by atoms with E-state index in [1.807, 2.05) is 25.7 Å². The highest BCUT2D eigenvalue weighted by Crippen LogP contribution is 2.27. The second-order valence-electron chi connectivity index (χ2n) is 5.77. The van der Waals surface area contributed by atoms with Gasteiger partial charge in [0.1, 0.15) is 5.60 Å². The first-order valence-electron chi connectivity index (χ1n) is 6.03. The summed E-state index contributed by atoms with van der Waals surface area (Å²) < 4.78 is 10.6. The van der Waals surface area contributed by atoms with Crippen molar-refractivity contribution >= 4 is 6.09 Å². The van der Waals surface area contributed by atoms with Gasteiger partial charge >= 0.3 is 6.09 Å². The summed E-state index contributed by atoms with van der Waals surface area (Å²) in [6, 6.07) is 0. The molecule has 4 nitrogen and oxygen atoms in total. The van der Waals surface area contributed by atoms with Crippen LogP contribution in [0.15, 0.2) is 0 Å². The van der Waals surface area contributed by atoms with Gasteiger partial charge in [0.2, 0.25) is 0 Å². The van der Waals surface area contributed by atoms with Crippen molar-refractivity contribution in [2.45, 2.75) is 45.3 Å². The molecule has 0 saturated carbocycles. The lowest BCUT2D eigenvalue weighted by Crippen LogP contribution is -2.35. The smallest absolute Gasteiger partial charge is 0.410 e. The molecule has 1 amide bonds. The van der Waals surface area contributed by atoms with Gasteiger partial charge in [0, 0.05) is 13.1 Å². The average Bonchev–Trinajstić information content (AvgIpc) is 2.78. The fourth-order valence-electron chi connectivity index (χ4n) is 2.09. The van der Waals surface area contributed by atoms with Crippen molar-refractivity contribution in [3.63, 3.8) is 0 Å². The number of hydrogen-bond acceptors (Lipinski definition) is 3. The summed E-state index contributed by atoms with van der Waals surface area (Å²) in [6.45, 7) is 8.26. The van der Waals surface area contributed by atoms with E-state index in [0.29, 0.717) is 12.0 Å². The summed E-state index contributed by atoms with van der Waals surface area (Å²) in [5.41, 5.74) is -0.394. The largest absolute Gasteiger partial charge is 0.444 e. The monoisotopic (exact) mass is 227 g/mol. The third kappa shape index (κ3) is 3.37. The van der Waals surface area contributed by atoms with E-state index in [9.17, 15) is 4.79 Å². The molecule has 92 valence electrons. The Morgan fingerprint density at radius 1 is 1.50 bits per heavy atom. The van der Waals surface area contributed by atoms with E-state index >= 15 is 0 Å². The Labute approximate surface area is 96.9 Å². The zero-order valence-corrected chi connectivity index (χ0v) is 10.4. The number of ether oxygens (including phenoxy) is 2. The van der Waals surface area contributed by atoms with Crippen LogP contribution < -0.4 is 0 Å². The number of carbonyl (C=O) groups excluding carboxylic acids is 1. The quantitative estimate of drug-likeness (QED) is 0.678. The molecule has 4 heteroatoms. The SMILES string of the molecule is CC(C)(C)OC(=O)N1CCC(CC2CO2)C1. The summed E-state index contributed by atoms with van der Waals surface area (Å²) in [5, 5.41) is 0. The van der Waals surface area contributed by atoms with E-state index in [2.05, 4.69) is 0 Å². The molecule has 2 aliphatic rings. The van der Waals surface area contributed by atoms with Crippen LogP contribution in [-0.2, 0) is 9.47 Å². The van der Waals surface area contributed by atoms with Crippen molar-refractivity contribution < 1.29 is 14.3 Å². The second kappa shape index (κ2) is 4.24. The average molecular weight is 227 g/mol. The highest BCUT2D eigenvalue weighted by Gasteiger charge is 2.34. The molecule has 0 bridgehead atoms. The highest BCUT2D eigenvalue weighted by atomic mass is 16.6. The molecule has 0 aromatic heterocycles. The molecule has 2 heterocycles. The minimum absolute atomic E-state index is 0.174. The van der Waals surface area contributed by atoms with Crippen molar-refractivity contribution in [2.24, 2.45) is 5.92 Å². The molecule has 2 saturated heterocycles. The topological polar surface area (TPSA) is 42.1 Å². The molecular weight excluding hydrogens is 206 g/mol. The van der Waals surface area contributed by atoms with Crippen LogP contribution in [0.3, 0.4) is 0 Å². The Morgan fingerprint density at radius 3 is 2.75 bits per heavy atom. The maximum atomic E-state index is 11.8. The summed E-state index contributed by atoms with van der Waals surface area (Å²) in [4.78, 5) is 13.6. The van der Waals surface area contributed by atoms with Gasteiger partial charge in [0.25, 0.3) is 0 Å². The van der Waals surface area contributed by atoms with E-state index in [1.165, 1.54) is 0 Å². The number of rotatable bonds is 2. The van der Waals surface area contributed by atoms with Gasteiger partial charge in [0.15, 0.2) is 0 Å². The van der Waals surface area contributed by atoms with Crippen molar-refractivity contribution in [3.05, 3.63) is 0 Å². The third-order valence-electron chi connectivity index (χ3n) is 2.94. The predicted molar refractivity (Wildman–Crippen MR) is 60.3 cm³/mol. The molecule has 2 atom stereocenters. The van der Waals surface area contributed by atoms with Gasteiger partial charge in [-0.1, -0.05) is 0 Å². The van der Waals surface area contributed by atoms with Crippen LogP contribution in [0.1, 0.15) is 33.6 Å². The summed E-state index contributed by atoms with van der Waals surface area (Å²) in [7, 11) is 0.